The van der Waals surface area contributed by atoms with E-state index in [2.05, 4.69) is 30.3 Å². The number of hydrogen-bond donors (Lipinski definition) is 1. The molecule has 0 aliphatic heterocycles. The van der Waals surface area contributed by atoms with Gasteiger partial charge >= 0.3 is 0 Å². The number of aryl methyl sites for hydroxylation is 2. The predicted octanol–water partition coefficient (Wildman–Crippen LogP) is 3.93. The van der Waals surface area contributed by atoms with E-state index >= 15 is 0 Å². The molecule has 1 aliphatic carbocycles. The Morgan fingerprint density at radius 3 is 2.82 bits per heavy atom. The molecule has 0 amide bonds. The zero-order valence-electron chi connectivity index (χ0n) is 10.6. The highest BCUT2D eigenvalue weighted by Gasteiger charge is 2.17. The normalized spacial score (nSPS) is 16.4. The summed E-state index contributed by atoms with van der Waals surface area (Å²) < 4.78 is 0. The van der Waals surface area contributed by atoms with Gasteiger partial charge in [-0.2, -0.15) is 0 Å². The van der Waals surface area contributed by atoms with Gasteiger partial charge in [-0.3, -0.25) is 0 Å². The Morgan fingerprint density at radius 1 is 1.18 bits per heavy atom. The van der Waals surface area contributed by atoms with E-state index in [9.17, 15) is 0 Å². The van der Waals surface area contributed by atoms with Crippen LogP contribution in [0, 0.1) is 0 Å². The molecule has 1 aromatic carbocycles. The van der Waals surface area contributed by atoms with Crippen LogP contribution < -0.4 is 0 Å². The molecule has 0 bridgehead atoms. The minimum atomic E-state index is 0.845. The second kappa shape index (κ2) is 5.85. The first-order valence-electron chi connectivity index (χ1n) is 6.68. The predicted molar refractivity (Wildman–Crippen MR) is 70.9 cm³/mol. The van der Waals surface area contributed by atoms with Gasteiger partial charge in [-0.05, 0) is 36.8 Å². The van der Waals surface area contributed by atoms with E-state index in [0.717, 1.165) is 24.1 Å². The zero-order valence-corrected chi connectivity index (χ0v) is 10.6. The zero-order chi connectivity index (χ0) is 12.1. The lowest BCUT2D eigenvalue weighted by Gasteiger charge is -2.04. The first-order valence-corrected chi connectivity index (χ1v) is 6.68. The van der Waals surface area contributed by atoms with Crippen molar-refractivity contribution < 1.29 is 5.21 Å². The Kier molecular flexibility index (Phi) is 4.18. The molecular weight excluding hydrogens is 210 g/mol. The molecule has 0 heterocycles. The number of benzene rings is 1. The Morgan fingerprint density at radius 2 is 2.06 bits per heavy atom. The van der Waals surface area contributed by atoms with Crippen molar-refractivity contribution in [1.29, 1.82) is 0 Å². The Hall–Kier alpha value is -1.31. The quantitative estimate of drug-likeness (QED) is 0.465. The van der Waals surface area contributed by atoms with Gasteiger partial charge in [-0.15, -0.1) is 0 Å². The van der Waals surface area contributed by atoms with E-state index in [0.29, 0.717) is 0 Å². The highest BCUT2D eigenvalue weighted by molar-refractivity contribution is 6.04. The fraction of sp³-hybridized carbons (Fsp3) is 0.533. The Balaban J connectivity index is 1.98. The molecule has 1 aromatic rings. The van der Waals surface area contributed by atoms with E-state index in [-0.39, 0.29) is 0 Å². The van der Waals surface area contributed by atoms with Crippen molar-refractivity contribution in [2.45, 2.75) is 51.9 Å². The number of hydrogen-bond acceptors (Lipinski definition) is 2. The van der Waals surface area contributed by atoms with Gasteiger partial charge in [-0.25, -0.2) is 0 Å². The molecule has 1 aliphatic rings. The van der Waals surface area contributed by atoms with Crippen molar-refractivity contribution >= 4 is 5.71 Å². The topological polar surface area (TPSA) is 32.6 Å². The van der Waals surface area contributed by atoms with Crippen LogP contribution in [-0.2, 0) is 12.8 Å². The van der Waals surface area contributed by atoms with Crippen molar-refractivity contribution in [1.82, 2.24) is 0 Å². The van der Waals surface area contributed by atoms with E-state index in [1.165, 1.54) is 43.2 Å². The van der Waals surface area contributed by atoms with Gasteiger partial charge < -0.3 is 5.21 Å². The maximum atomic E-state index is 8.87. The molecule has 17 heavy (non-hydrogen) atoms. The number of nitrogens with zero attached hydrogens (tertiary/aromatic N) is 1. The summed E-state index contributed by atoms with van der Waals surface area (Å²) in [6.45, 7) is 2.24. The molecule has 0 unspecified atom stereocenters. The number of rotatable bonds is 5. The molecule has 0 spiro atoms. The summed E-state index contributed by atoms with van der Waals surface area (Å²) in [4.78, 5) is 0. The van der Waals surface area contributed by atoms with Crippen molar-refractivity contribution in [2.75, 3.05) is 0 Å². The molecule has 2 rings (SSSR count). The van der Waals surface area contributed by atoms with Gasteiger partial charge in [0.1, 0.15) is 0 Å². The Bertz CT molecular complexity index is 409. The molecule has 2 nitrogen and oxygen atoms in total. The van der Waals surface area contributed by atoms with Crippen LogP contribution in [0.25, 0.3) is 0 Å². The summed E-state index contributed by atoms with van der Waals surface area (Å²) in [6.07, 6.45) is 8.33. The average molecular weight is 231 g/mol. The van der Waals surface area contributed by atoms with Crippen molar-refractivity contribution in [3.63, 3.8) is 0 Å². The lowest BCUT2D eigenvalue weighted by atomic mass is 10.0. The van der Waals surface area contributed by atoms with Crippen LogP contribution in [0.5, 0.6) is 0 Å². The number of oxime groups is 1. The lowest BCUT2D eigenvalue weighted by Crippen LogP contribution is -1.95. The molecule has 0 fully saturated rings. The maximum Gasteiger partial charge on any atom is 0.0873 e. The van der Waals surface area contributed by atoms with Crippen LogP contribution in [0.3, 0.4) is 0 Å². The summed E-state index contributed by atoms with van der Waals surface area (Å²) in [5.74, 6) is 0. The fourth-order valence-corrected chi connectivity index (χ4v) is 2.54. The highest BCUT2D eigenvalue weighted by atomic mass is 16.4. The van der Waals surface area contributed by atoms with E-state index in [4.69, 9.17) is 5.21 Å². The summed E-state index contributed by atoms with van der Waals surface area (Å²) >= 11 is 0. The third-order valence-corrected chi connectivity index (χ3v) is 3.55. The smallest absolute Gasteiger partial charge is 0.0873 e. The second-order valence-electron chi connectivity index (χ2n) is 4.85. The lowest BCUT2D eigenvalue weighted by molar-refractivity contribution is 0.318. The summed E-state index contributed by atoms with van der Waals surface area (Å²) in [7, 11) is 0. The fourth-order valence-electron chi connectivity index (χ4n) is 2.54. The van der Waals surface area contributed by atoms with Crippen LogP contribution in [-0.4, -0.2) is 10.9 Å². The molecule has 2 heteroatoms. The van der Waals surface area contributed by atoms with Crippen LogP contribution in [0.2, 0.25) is 0 Å². The molecule has 0 radical (unpaired) electrons. The van der Waals surface area contributed by atoms with Gasteiger partial charge in [-0.1, -0.05) is 49.5 Å². The van der Waals surface area contributed by atoms with Gasteiger partial charge in [0.05, 0.1) is 5.71 Å². The average Bonchev–Trinajstić information content (AvgIpc) is 2.77. The first kappa shape index (κ1) is 12.2. The highest BCUT2D eigenvalue weighted by Crippen LogP contribution is 2.24. The minimum Gasteiger partial charge on any atom is -0.411 e. The van der Waals surface area contributed by atoms with Gasteiger partial charge in [0.15, 0.2) is 0 Å². The van der Waals surface area contributed by atoms with Crippen LogP contribution >= 0.6 is 0 Å². The number of fused-ring (bicyclic) bond motifs is 1. The third-order valence-electron chi connectivity index (χ3n) is 3.55. The minimum absolute atomic E-state index is 0.845. The second-order valence-corrected chi connectivity index (χ2v) is 4.85. The summed E-state index contributed by atoms with van der Waals surface area (Å²) in [6, 6.07) is 6.59. The Labute approximate surface area is 103 Å². The van der Waals surface area contributed by atoms with Crippen molar-refractivity contribution in [3.8, 4) is 0 Å². The van der Waals surface area contributed by atoms with E-state index in [1.54, 1.807) is 0 Å². The molecule has 0 aromatic heterocycles. The maximum absolute atomic E-state index is 8.87. The third kappa shape index (κ3) is 2.87. The van der Waals surface area contributed by atoms with Crippen molar-refractivity contribution in [2.24, 2.45) is 5.16 Å². The van der Waals surface area contributed by atoms with Crippen LogP contribution in [0.15, 0.2) is 23.4 Å². The summed E-state index contributed by atoms with van der Waals surface area (Å²) in [5.41, 5.74) is 4.77. The van der Waals surface area contributed by atoms with Gasteiger partial charge in [0.25, 0.3) is 0 Å². The molecule has 0 saturated carbocycles. The summed E-state index contributed by atoms with van der Waals surface area (Å²) in [5, 5.41) is 12.2. The van der Waals surface area contributed by atoms with Crippen molar-refractivity contribution in [3.05, 3.63) is 34.9 Å². The largest absolute Gasteiger partial charge is 0.411 e. The van der Waals surface area contributed by atoms with Gasteiger partial charge in [0, 0.05) is 5.56 Å². The molecule has 1 N–H and O–H groups in total. The van der Waals surface area contributed by atoms with Crippen LogP contribution in [0.4, 0.5) is 0 Å². The standard InChI is InChI=1S/C15H21NO/c1-2-3-4-5-6-12-7-9-14-13(11-12)8-10-15(14)16-17/h7,9,11,17H,2-6,8,10H2,1H3/b16-15-. The van der Waals surface area contributed by atoms with E-state index < -0.39 is 0 Å². The molecule has 92 valence electrons. The van der Waals surface area contributed by atoms with Gasteiger partial charge in [0.2, 0.25) is 0 Å². The first-order chi connectivity index (χ1) is 8.35. The monoisotopic (exact) mass is 231 g/mol. The molecular formula is C15H21NO. The number of unbranched alkanes of at least 4 members (excludes halogenated alkanes) is 3. The van der Waals surface area contributed by atoms with Crippen LogP contribution in [0.1, 0.15) is 55.7 Å². The molecule has 0 atom stereocenters. The SMILES string of the molecule is CCCCCCc1ccc2c(c1)CC/C2=N/O. The van der Waals surface area contributed by atoms with E-state index in [1.807, 2.05) is 0 Å². The molecule has 0 saturated heterocycles.